The molecule has 0 unspecified atom stereocenters. The Hall–Kier alpha value is -2.82. The highest BCUT2D eigenvalue weighted by Crippen LogP contribution is 2.48. The van der Waals surface area contributed by atoms with Gasteiger partial charge in [-0.15, -0.1) is 0 Å². The second kappa shape index (κ2) is 5.52. The summed E-state index contributed by atoms with van der Waals surface area (Å²) in [6, 6.07) is 11.8. The van der Waals surface area contributed by atoms with Crippen LogP contribution in [0.25, 0.3) is 22.0 Å². The molecule has 5 nitrogen and oxygen atoms in total. The maximum absolute atomic E-state index is 6.20. The van der Waals surface area contributed by atoms with Crippen LogP contribution in [-0.4, -0.2) is 26.3 Å². The Labute approximate surface area is 128 Å². The van der Waals surface area contributed by atoms with Gasteiger partial charge in [0.1, 0.15) is 5.82 Å². The summed E-state index contributed by atoms with van der Waals surface area (Å²) in [6.45, 7) is 0. The largest absolute Gasteiger partial charge is 0.493 e. The highest BCUT2D eigenvalue weighted by molar-refractivity contribution is 6.07. The van der Waals surface area contributed by atoms with Gasteiger partial charge in [0, 0.05) is 11.6 Å². The molecule has 5 heteroatoms. The molecule has 0 amide bonds. The number of ether oxygens (including phenoxy) is 3. The Kier molecular flexibility index (Phi) is 3.55. The Morgan fingerprint density at radius 3 is 2.18 bits per heavy atom. The molecule has 0 saturated heterocycles. The van der Waals surface area contributed by atoms with Crippen LogP contribution in [0.1, 0.15) is 0 Å². The number of methoxy groups -OCH3 is 3. The fourth-order valence-electron chi connectivity index (χ4n) is 2.75. The molecule has 3 N–H and O–H groups in total. The molecule has 0 atom stereocenters. The van der Waals surface area contributed by atoms with Crippen LogP contribution in [0.2, 0.25) is 0 Å². The van der Waals surface area contributed by atoms with Crippen LogP contribution in [0.15, 0.2) is 36.4 Å². The molecule has 1 aromatic heterocycles. The van der Waals surface area contributed by atoms with Crippen molar-refractivity contribution in [1.82, 2.24) is 4.98 Å². The van der Waals surface area contributed by atoms with E-state index in [1.54, 1.807) is 21.3 Å². The molecule has 3 aromatic rings. The maximum atomic E-state index is 6.20. The number of nitrogens with one attached hydrogen (secondary N) is 1. The maximum Gasteiger partial charge on any atom is 0.204 e. The Bertz CT molecular complexity index is 810. The Morgan fingerprint density at radius 2 is 1.59 bits per heavy atom. The molecule has 0 spiro atoms. The SMILES string of the molecule is COc1cc2[nH]c(N)c(-c3ccccc3)c2c(OC)c1OC. The first-order valence-electron chi connectivity index (χ1n) is 6.86. The summed E-state index contributed by atoms with van der Waals surface area (Å²) in [4.78, 5) is 3.19. The van der Waals surface area contributed by atoms with Crippen LogP contribution in [0.5, 0.6) is 17.2 Å². The van der Waals surface area contributed by atoms with Gasteiger partial charge in [-0.05, 0) is 5.56 Å². The molecule has 0 saturated carbocycles. The second-order valence-electron chi connectivity index (χ2n) is 4.85. The first-order chi connectivity index (χ1) is 10.7. The van der Waals surface area contributed by atoms with Gasteiger partial charge in [0.15, 0.2) is 11.5 Å². The lowest BCUT2D eigenvalue weighted by Gasteiger charge is -2.14. The lowest BCUT2D eigenvalue weighted by molar-refractivity contribution is 0.327. The number of benzene rings is 2. The third-order valence-corrected chi connectivity index (χ3v) is 3.68. The number of hydrogen-bond acceptors (Lipinski definition) is 4. The number of H-pyrrole nitrogens is 1. The number of fused-ring (bicyclic) bond motifs is 1. The van der Waals surface area contributed by atoms with Crippen LogP contribution in [0.4, 0.5) is 5.82 Å². The predicted molar refractivity (Wildman–Crippen MR) is 87.8 cm³/mol. The monoisotopic (exact) mass is 298 g/mol. The van der Waals surface area contributed by atoms with Gasteiger partial charge in [0.25, 0.3) is 0 Å². The molecule has 114 valence electrons. The Balaban J connectivity index is 2.42. The van der Waals surface area contributed by atoms with E-state index in [-0.39, 0.29) is 0 Å². The van der Waals surface area contributed by atoms with Crippen molar-refractivity contribution in [3.63, 3.8) is 0 Å². The highest BCUT2D eigenvalue weighted by atomic mass is 16.5. The first-order valence-corrected chi connectivity index (χ1v) is 6.86. The van der Waals surface area contributed by atoms with Crippen LogP contribution in [0.3, 0.4) is 0 Å². The van der Waals surface area contributed by atoms with E-state index in [4.69, 9.17) is 19.9 Å². The molecular formula is C17H18N2O3. The van der Waals surface area contributed by atoms with E-state index in [2.05, 4.69) is 4.98 Å². The highest BCUT2D eigenvalue weighted by Gasteiger charge is 2.22. The molecular weight excluding hydrogens is 280 g/mol. The zero-order valence-electron chi connectivity index (χ0n) is 12.8. The smallest absolute Gasteiger partial charge is 0.204 e. The average Bonchev–Trinajstić information content (AvgIpc) is 2.89. The lowest BCUT2D eigenvalue weighted by Crippen LogP contribution is -1.95. The minimum atomic E-state index is 0.550. The van der Waals surface area contributed by atoms with Crippen molar-refractivity contribution >= 4 is 16.7 Å². The van der Waals surface area contributed by atoms with Gasteiger partial charge < -0.3 is 24.9 Å². The molecule has 3 rings (SSSR count). The summed E-state index contributed by atoms with van der Waals surface area (Å²) in [6.07, 6.45) is 0. The Morgan fingerprint density at radius 1 is 0.909 bits per heavy atom. The summed E-state index contributed by atoms with van der Waals surface area (Å²) in [7, 11) is 4.78. The number of aromatic amines is 1. The normalized spacial score (nSPS) is 10.7. The summed E-state index contributed by atoms with van der Waals surface area (Å²) in [5, 5.41) is 0.879. The van der Waals surface area contributed by atoms with Crippen LogP contribution >= 0.6 is 0 Å². The van der Waals surface area contributed by atoms with Crippen molar-refractivity contribution < 1.29 is 14.2 Å². The molecule has 0 aliphatic carbocycles. The van der Waals surface area contributed by atoms with Gasteiger partial charge >= 0.3 is 0 Å². The van der Waals surface area contributed by atoms with E-state index >= 15 is 0 Å². The minimum absolute atomic E-state index is 0.550. The van der Waals surface area contributed by atoms with Gasteiger partial charge in [0.2, 0.25) is 5.75 Å². The number of hydrogen-bond donors (Lipinski definition) is 2. The summed E-state index contributed by atoms with van der Waals surface area (Å²) in [5.41, 5.74) is 8.95. The number of anilines is 1. The topological polar surface area (TPSA) is 69.5 Å². The zero-order valence-corrected chi connectivity index (χ0v) is 12.8. The van der Waals surface area contributed by atoms with E-state index in [0.29, 0.717) is 23.1 Å². The van der Waals surface area contributed by atoms with Crippen molar-refractivity contribution in [1.29, 1.82) is 0 Å². The summed E-state index contributed by atoms with van der Waals surface area (Å²) in [5.74, 6) is 2.32. The lowest BCUT2D eigenvalue weighted by atomic mass is 10.0. The quantitative estimate of drug-likeness (QED) is 0.774. The molecule has 0 fully saturated rings. The molecule has 0 bridgehead atoms. The molecule has 0 radical (unpaired) electrons. The number of nitrogen functional groups attached to an aromatic ring is 1. The van der Waals surface area contributed by atoms with Crippen molar-refractivity contribution in [3.05, 3.63) is 36.4 Å². The van der Waals surface area contributed by atoms with Gasteiger partial charge in [-0.25, -0.2) is 0 Å². The minimum Gasteiger partial charge on any atom is -0.493 e. The van der Waals surface area contributed by atoms with E-state index in [1.807, 2.05) is 36.4 Å². The van der Waals surface area contributed by atoms with E-state index < -0.39 is 0 Å². The zero-order chi connectivity index (χ0) is 15.7. The molecule has 1 heterocycles. The second-order valence-corrected chi connectivity index (χ2v) is 4.85. The van der Waals surface area contributed by atoms with Crippen molar-refractivity contribution in [3.8, 4) is 28.4 Å². The summed E-state index contributed by atoms with van der Waals surface area (Å²) < 4.78 is 16.4. The standard InChI is InChI=1S/C17H18N2O3/c1-20-12-9-11-14(16(22-3)15(12)21-2)13(17(18)19-11)10-7-5-4-6-8-10/h4-9,19H,18H2,1-3H3. The van der Waals surface area contributed by atoms with Gasteiger partial charge in [-0.3, -0.25) is 0 Å². The average molecular weight is 298 g/mol. The number of nitrogens with two attached hydrogens (primary N) is 1. The third kappa shape index (κ3) is 2.02. The van der Waals surface area contributed by atoms with Crippen molar-refractivity contribution in [2.24, 2.45) is 0 Å². The molecule has 0 aliphatic heterocycles. The van der Waals surface area contributed by atoms with Crippen LogP contribution in [-0.2, 0) is 0 Å². The van der Waals surface area contributed by atoms with Gasteiger partial charge in [0.05, 0.1) is 32.2 Å². The van der Waals surface area contributed by atoms with Crippen LogP contribution in [0, 0.1) is 0 Å². The van der Waals surface area contributed by atoms with Crippen LogP contribution < -0.4 is 19.9 Å². The third-order valence-electron chi connectivity index (χ3n) is 3.68. The fraction of sp³-hybridized carbons (Fsp3) is 0.176. The van der Waals surface area contributed by atoms with E-state index in [0.717, 1.165) is 22.0 Å². The first kappa shape index (κ1) is 14.1. The predicted octanol–water partition coefficient (Wildman–Crippen LogP) is 3.44. The number of rotatable bonds is 4. The number of aromatic nitrogens is 1. The van der Waals surface area contributed by atoms with E-state index in [1.165, 1.54) is 0 Å². The molecule has 0 aliphatic rings. The van der Waals surface area contributed by atoms with Gasteiger partial charge in [-0.1, -0.05) is 30.3 Å². The molecule has 2 aromatic carbocycles. The molecule has 22 heavy (non-hydrogen) atoms. The van der Waals surface area contributed by atoms with E-state index in [9.17, 15) is 0 Å². The van der Waals surface area contributed by atoms with Crippen molar-refractivity contribution in [2.45, 2.75) is 0 Å². The van der Waals surface area contributed by atoms with Gasteiger partial charge in [-0.2, -0.15) is 0 Å². The summed E-state index contributed by atoms with van der Waals surface area (Å²) >= 11 is 0. The fourth-order valence-corrected chi connectivity index (χ4v) is 2.75. The van der Waals surface area contributed by atoms with Crippen molar-refractivity contribution in [2.75, 3.05) is 27.1 Å².